The van der Waals surface area contributed by atoms with Gasteiger partial charge in [0, 0.05) is 11.3 Å². The maximum absolute atomic E-state index is 12.5. The van der Waals surface area contributed by atoms with Crippen LogP contribution in [0.25, 0.3) is 5.69 Å². The number of hydrogen-bond acceptors (Lipinski definition) is 5. The molecule has 0 aliphatic carbocycles. The average Bonchev–Trinajstić information content (AvgIpc) is 3.04. The molecule has 0 radical (unpaired) electrons. The van der Waals surface area contributed by atoms with E-state index in [4.69, 9.17) is 0 Å². The van der Waals surface area contributed by atoms with Crippen LogP contribution < -0.4 is 10.1 Å². The normalized spacial score (nSPS) is 10.8. The van der Waals surface area contributed by atoms with Gasteiger partial charge in [-0.05, 0) is 62.4 Å². The van der Waals surface area contributed by atoms with E-state index >= 15 is 0 Å². The monoisotopic (exact) mass is 386 g/mol. The number of halogens is 2. The van der Waals surface area contributed by atoms with Gasteiger partial charge >= 0.3 is 6.61 Å². The summed E-state index contributed by atoms with van der Waals surface area (Å²) in [6.07, 6.45) is 0. The first-order chi connectivity index (χ1) is 13.3. The van der Waals surface area contributed by atoms with Gasteiger partial charge in [-0.1, -0.05) is 5.21 Å². The Morgan fingerprint density at radius 3 is 2.29 bits per heavy atom. The van der Waals surface area contributed by atoms with Gasteiger partial charge in [-0.25, -0.2) is 4.68 Å². The third-order valence-corrected chi connectivity index (χ3v) is 3.97. The number of Topliss-reactive ketones (excluding diaryl/α,β-unsaturated/α-hetero) is 1. The van der Waals surface area contributed by atoms with Crippen LogP contribution in [0.2, 0.25) is 0 Å². The zero-order valence-corrected chi connectivity index (χ0v) is 15.0. The van der Waals surface area contributed by atoms with Crippen LogP contribution >= 0.6 is 0 Å². The fourth-order valence-electron chi connectivity index (χ4n) is 2.53. The minimum Gasteiger partial charge on any atom is -0.435 e. The van der Waals surface area contributed by atoms with E-state index in [-0.39, 0.29) is 17.2 Å². The number of alkyl halides is 2. The third kappa shape index (κ3) is 4.20. The largest absolute Gasteiger partial charge is 0.435 e. The molecule has 3 aromatic rings. The lowest BCUT2D eigenvalue weighted by atomic mass is 10.1. The molecule has 2 aromatic carbocycles. The van der Waals surface area contributed by atoms with Gasteiger partial charge in [0.1, 0.15) is 5.75 Å². The van der Waals surface area contributed by atoms with Crippen LogP contribution in [0, 0.1) is 6.92 Å². The highest BCUT2D eigenvalue weighted by molar-refractivity contribution is 6.04. The molecule has 0 saturated heterocycles. The molecule has 9 heteroatoms. The van der Waals surface area contributed by atoms with Crippen molar-refractivity contribution >= 4 is 17.4 Å². The van der Waals surface area contributed by atoms with Crippen LogP contribution in [0.5, 0.6) is 5.75 Å². The van der Waals surface area contributed by atoms with Gasteiger partial charge < -0.3 is 10.1 Å². The highest BCUT2D eigenvalue weighted by Gasteiger charge is 2.18. The van der Waals surface area contributed by atoms with Crippen LogP contribution in [0.3, 0.4) is 0 Å². The molecule has 3 rings (SSSR count). The second kappa shape index (κ2) is 7.95. The van der Waals surface area contributed by atoms with E-state index < -0.39 is 12.5 Å². The number of nitrogens with zero attached hydrogens (tertiary/aromatic N) is 3. The van der Waals surface area contributed by atoms with Crippen molar-refractivity contribution in [3.63, 3.8) is 0 Å². The number of ketones is 1. The Balaban J connectivity index is 1.76. The molecule has 1 aromatic heterocycles. The zero-order chi connectivity index (χ0) is 20.3. The Morgan fingerprint density at radius 2 is 1.71 bits per heavy atom. The van der Waals surface area contributed by atoms with E-state index in [0.717, 1.165) is 0 Å². The Morgan fingerprint density at radius 1 is 1.07 bits per heavy atom. The first-order valence-corrected chi connectivity index (χ1v) is 8.25. The van der Waals surface area contributed by atoms with Crippen molar-refractivity contribution in [1.29, 1.82) is 0 Å². The number of rotatable bonds is 6. The summed E-state index contributed by atoms with van der Waals surface area (Å²) in [5, 5.41) is 10.5. The van der Waals surface area contributed by atoms with Crippen molar-refractivity contribution in [3.05, 3.63) is 65.5 Å². The minimum atomic E-state index is -2.90. The first-order valence-electron chi connectivity index (χ1n) is 8.25. The van der Waals surface area contributed by atoms with Crippen molar-refractivity contribution in [2.45, 2.75) is 20.5 Å². The summed E-state index contributed by atoms with van der Waals surface area (Å²) in [4.78, 5) is 23.8. The van der Waals surface area contributed by atoms with Crippen LogP contribution in [-0.4, -0.2) is 33.3 Å². The molecule has 144 valence electrons. The molecule has 7 nitrogen and oxygen atoms in total. The predicted molar refractivity (Wildman–Crippen MR) is 97.1 cm³/mol. The lowest BCUT2D eigenvalue weighted by Crippen LogP contribution is -2.14. The lowest BCUT2D eigenvalue weighted by molar-refractivity contribution is -0.0498. The predicted octanol–water partition coefficient (Wildman–Crippen LogP) is 3.63. The third-order valence-electron chi connectivity index (χ3n) is 3.97. The molecule has 1 heterocycles. The number of amides is 1. The van der Waals surface area contributed by atoms with E-state index in [1.54, 1.807) is 31.2 Å². The van der Waals surface area contributed by atoms with Gasteiger partial charge in [0.15, 0.2) is 11.5 Å². The van der Waals surface area contributed by atoms with Gasteiger partial charge in [0.05, 0.1) is 11.4 Å². The Labute approximate surface area is 158 Å². The number of nitrogens with one attached hydrogen (secondary N) is 1. The highest BCUT2D eigenvalue weighted by atomic mass is 19.3. The summed E-state index contributed by atoms with van der Waals surface area (Å²) in [6, 6.07) is 12.3. The summed E-state index contributed by atoms with van der Waals surface area (Å²) in [7, 11) is 0. The van der Waals surface area contributed by atoms with E-state index in [0.29, 0.717) is 22.6 Å². The summed E-state index contributed by atoms with van der Waals surface area (Å²) in [6.45, 7) is 0.220. The quantitative estimate of drug-likeness (QED) is 0.654. The molecule has 0 atom stereocenters. The number of hydrogen-bond donors (Lipinski definition) is 1. The van der Waals surface area contributed by atoms with Gasteiger partial charge in [0.2, 0.25) is 0 Å². The lowest BCUT2D eigenvalue weighted by Gasteiger charge is -2.07. The average molecular weight is 386 g/mol. The summed E-state index contributed by atoms with van der Waals surface area (Å²) in [5.41, 5.74) is 2.18. The highest BCUT2D eigenvalue weighted by Crippen LogP contribution is 2.19. The molecule has 0 saturated carbocycles. The van der Waals surface area contributed by atoms with E-state index in [1.165, 1.54) is 35.9 Å². The fourth-order valence-corrected chi connectivity index (χ4v) is 2.53. The number of aromatic nitrogens is 3. The number of anilines is 1. The summed E-state index contributed by atoms with van der Waals surface area (Å²) in [5.74, 6) is -0.512. The standard InChI is InChI=1S/C19H16F2N4O3/c1-11-17(18(27)22-14-5-3-13(4-6-14)12(2)26)23-24-25(11)15-7-9-16(10-8-15)28-19(20)21/h3-10,19H,1-2H3,(H,22,27). The molecule has 0 spiro atoms. The summed E-state index contributed by atoms with van der Waals surface area (Å²) >= 11 is 0. The maximum Gasteiger partial charge on any atom is 0.387 e. The smallest absolute Gasteiger partial charge is 0.387 e. The number of ether oxygens (including phenoxy) is 1. The molecule has 0 bridgehead atoms. The summed E-state index contributed by atoms with van der Waals surface area (Å²) < 4.78 is 30.2. The molecule has 28 heavy (non-hydrogen) atoms. The second-order valence-corrected chi connectivity index (χ2v) is 5.90. The van der Waals surface area contributed by atoms with Crippen molar-refractivity contribution in [2.24, 2.45) is 0 Å². The fraction of sp³-hybridized carbons (Fsp3) is 0.158. The van der Waals surface area contributed by atoms with Crippen LogP contribution in [0.1, 0.15) is 33.5 Å². The van der Waals surface area contributed by atoms with Crippen molar-refractivity contribution in [2.75, 3.05) is 5.32 Å². The molecule has 1 amide bonds. The Kier molecular flexibility index (Phi) is 5.44. The van der Waals surface area contributed by atoms with Crippen molar-refractivity contribution in [3.8, 4) is 11.4 Å². The molecule has 1 N–H and O–H groups in total. The Hall–Kier alpha value is -3.62. The van der Waals surface area contributed by atoms with Crippen molar-refractivity contribution < 1.29 is 23.1 Å². The Bertz CT molecular complexity index is 999. The number of benzene rings is 2. The molecule has 0 aliphatic rings. The van der Waals surface area contributed by atoms with Gasteiger partial charge in [-0.2, -0.15) is 8.78 Å². The topological polar surface area (TPSA) is 86.1 Å². The molecular weight excluding hydrogens is 370 g/mol. The van der Waals surface area contributed by atoms with E-state index in [2.05, 4.69) is 20.4 Å². The molecular formula is C19H16F2N4O3. The first kappa shape index (κ1) is 19.2. The SMILES string of the molecule is CC(=O)c1ccc(NC(=O)c2nnn(-c3ccc(OC(F)F)cc3)c2C)cc1. The van der Waals surface area contributed by atoms with Gasteiger partial charge in [-0.3, -0.25) is 9.59 Å². The second-order valence-electron chi connectivity index (χ2n) is 5.90. The van der Waals surface area contributed by atoms with Crippen LogP contribution in [-0.2, 0) is 0 Å². The van der Waals surface area contributed by atoms with Crippen molar-refractivity contribution in [1.82, 2.24) is 15.0 Å². The molecule has 0 fully saturated rings. The van der Waals surface area contributed by atoms with E-state index in [1.807, 2.05) is 0 Å². The van der Waals surface area contributed by atoms with E-state index in [9.17, 15) is 18.4 Å². The van der Waals surface area contributed by atoms with Crippen LogP contribution in [0.4, 0.5) is 14.5 Å². The number of carbonyl (C=O) groups excluding carboxylic acids is 2. The van der Waals surface area contributed by atoms with Crippen LogP contribution in [0.15, 0.2) is 48.5 Å². The molecule has 0 aliphatic heterocycles. The van der Waals surface area contributed by atoms with Gasteiger partial charge in [-0.15, -0.1) is 5.10 Å². The number of carbonyl (C=O) groups is 2. The molecule has 0 unspecified atom stereocenters. The maximum atomic E-state index is 12.5. The minimum absolute atomic E-state index is 0.0171. The van der Waals surface area contributed by atoms with Gasteiger partial charge in [0.25, 0.3) is 5.91 Å². The zero-order valence-electron chi connectivity index (χ0n) is 15.0.